The molecule has 3 rings (SSSR count). The first kappa shape index (κ1) is 19.7. The van der Waals surface area contributed by atoms with Gasteiger partial charge < -0.3 is 10.1 Å². The smallest absolute Gasteiger partial charge is 0.345 e. The van der Waals surface area contributed by atoms with Gasteiger partial charge in [-0.2, -0.15) is 0 Å². The number of carbonyl (C=O) groups excluding carboxylic acids is 1. The van der Waals surface area contributed by atoms with Crippen LogP contribution in [0.25, 0.3) is 11.4 Å². The maximum Gasteiger partial charge on any atom is 0.345 e. The van der Waals surface area contributed by atoms with Gasteiger partial charge in [0.25, 0.3) is 0 Å². The van der Waals surface area contributed by atoms with Gasteiger partial charge in [0.2, 0.25) is 5.91 Å². The highest BCUT2D eigenvalue weighted by Crippen LogP contribution is 2.19. The van der Waals surface area contributed by atoms with E-state index in [1.807, 2.05) is 36.4 Å². The Kier molecular flexibility index (Phi) is 6.16. The lowest BCUT2D eigenvalue weighted by Gasteiger charge is -2.05. The van der Waals surface area contributed by atoms with E-state index in [1.54, 1.807) is 26.3 Å². The van der Waals surface area contributed by atoms with Crippen molar-refractivity contribution in [3.63, 3.8) is 0 Å². The van der Waals surface area contributed by atoms with Crippen molar-refractivity contribution in [2.45, 2.75) is 13.0 Å². The molecule has 3 aromatic rings. The molecule has 0 saturated heterocycles. The second-order valence-corrected chi connectivity index (χ2v) is 6.71. The van der Waals surface area contributed by atoms with Gasteiger partial charge in [-0.05, 0) is 42.0 Å². The molecule has 0 unspecified atom stereocenters. The van der Waals surface area contributed by atoms with E-state index in [0.717, 1.165) is 16.9 Å². The van der Waals surface area contributed by atoms with Gasteiger partial charge in [-0.25, -0.2) is 9.48 Å². The highest BCUT2D eigenvalue weighted by Gasteiger charge is 2.12. The van der Waals surface area contributed by atoms with E-state index in [0.29, 0.717) is 17.4 Å². The lowest BCUT2D eigenvalue weighted by atomic mass is 10.1. The van der Waals surface area contributed by atoms with Gasteiger partial charge in [0.05, 0.1) is 20.1 Å². The van der Waals surface area contributed by atoms with Crippen LogP contribution in [0.4, 0.5) is 0 Å². The Morgan fingerprint density at radius 3 is 2.46 bits per heavy atom. The summed E-state index contributed by atoms with van der Waals surface area (Å²) in [5, 5.41) is 7.82. The molecule has 1 N–H and O–H groups in total. The van der Waals surface area contributed by atoms with E-state index in [-0.39, 0.29) is 24.6 Å². The Bertz CT molecular complexity index is 1010. The fourth-order valence-corrected chi connectivity index (χ4v) is 2.90. The molecule has 28 heavy (non-hydrogen) atoms. The number of benzene rings is 2. The largest absolute Gasteiger partial charge is 0.497 e. The predicted octanol–water partition coefficient (Wildman–Crippen LogP) is 2.27. The molecular weight excluding hydrogens is 380 g/mol. The van der Waals surface area contributed by atoms with E-state index in [2.05, 4.69) is 10.4 Å². The third kappa shape index (κ3) is 4.61. The number of hydrogen-bond acceptors (Lipinski definition) is 4. The molecule has 0 atom stereocenters. The molecule has 146 valence electrons. The van der Waals surface area contributed by atoms with Crippen LogP contribution in [0, 0.1) is 0 Å². The molecule has 1 heterocycles. The van der Waals surface area contributed by atoms with Crippen molar-refractivity contribution in [1.82, 2.24) is 19.7 Å². The second kappa shape index (κ2) is 8.75. The average Bonchev–Trinajstić information content (AvgIpc) is 2.98. The summed E-state index contributed by atoms with van der Waals surface area (Å²) in [6.45, 7) is 0.598. The molecular formula is C20H21ClN4O3. The first-order chi connectivity index (χ1) is 13.5. The van der Waals surface area contributed by atoms with E-state index < -0.39 is 0 Å². The molecule has 8 heteroatoms. The van der Waals surface area contributed by atoms with Gasteiger partial charge >= 0.3 is 5.69 Å². The van der Waals surface area contributed by atoms with Gasteiger partial charge in [-0.15, -0.1) is 5.10 Å². The Balaban J connectivity index is 1.60. The Hall–Kier alpha value is -3.06. The quantitative estimate of drug-likeness (QED) is 0.660. The summed E-state index contributed by atoms with van der Waals surface area (Å²) >= 11 is 5.84. The second-order valence-electron chi connectivity index (χ2n) is 6.27. The minimum absolute atomic E-state index is 0.123. The van der Waals surface area contributed by atoms with E-state index in [4.69, 9.17) is 16.3 Å². The highest BCUT2D eigenvalue weighted by molar-refractivity contribution is 6.30. The van der Waals surface area contributed by atoms with E-state index in [1.165, 1.54) is 9.25 Å². The van der Waals surface area contributed by atoms with Crippen LogP contribution in [0.2, 0.25) is 5.02 Å². The van der Waals surface area contributed by atoms with Crippen molar-refractivity contribution >= 4 is 17.5 Å². The minimum Gasteiger partial charge on any atom is -0.497 e. The number of amides is 1. The lowest BCUT2D eigenvalue weighted by Crippen LogP contribution is -2.32. The van der Waals surface area contributed by atoms with Gasteiger partial charge in [-0.3, -0.25) is 9.36 Å². The van der Waals surface area contributed by atoms with Crippen LogP contribution in [0.5, 0.6) is 5.75 Å². The minimum atomic E-state index is -0.238. The molecule has 7 nitrogen and oxygen atoms in total. The van der Waals surface area contributed by atoms with Gasteiger partial charge in [-0.1, -0.05) is 23.7 Å². The molecule has 0 aliphatic heterocycles. The molecule has 1 amide bonds. The van der Waals surface area contributed by atoms with Crippen LogP contribution in [0.15, 0.2) is 53.3 Å². The molecule has 0 radical (unpaired) electrons. The number of aromatic nitrogens is 3. The summed E-state index contributed by atoms with van der Waals surface area (Å²) in [5.74, 6) is 1.17. The van der Waals surface area contributed by atoms with Crippen LogP contribution in [0.1, 0.15) is 5.56 Å². The SMILES string of the molecule is COc1ccc(-c2nn(CCNC(=O)Cc3ccc(Cl)cc3)c(=O)n2C)cc1. The summed E-state index contributed by atoms with van der Waals surface area (Å²) in [6, 6.07) is 14.4. The average molecular weight is 401 g/mol. The topological polar surface area (TPSA) is 78.2 Å². The summed E-state index contributed by atoms with van der Waals surface area (Å²) in [6.07, 6.45) is 0.255. The first-order valence-corrected chi connectivity index (χ1v) is 9.15. The number of nitrogens with one attached hydrogen (secondary N) is 1. The van der Waals surface area contributed by atoms with Crippen molar-refractivity contribution in [1.29, 1.82) is 0 Å². The number of carbonyl (C=O) groups is 1. The fraction of sp³-hybridized carbons (Fsp3) is 0.250. The number of methoxy groups -OCH3 is 1. The molecule has 0 aliphatic carbocycles. The molecule has 0 spiro atoms. The number of halogens is 1. The molecule has 1 aromatic heterocycles. The van der Waals surface area contributed by atoms with Crippen LogP contribution in [-0.2, 0) is 24.8 Å². The zero-order valence-electron chi connectivity index (χ0n) is 15.7. The standard InChI is InChI=1S/C20H21ClN4O3/c1-24-19(15-5-9-17(28-2)10-6-15)23-25(20(24)27)12-11-22-18(26)13-14-3-7-16(21)8-4-14/h3-10H,11-13H2,1-2H3,(H,22,26). The maximum atomic E-state index is 12.4. The van der Waals surface area contributed by atoms with Gasteiger partial charge in [0.1, 0.15) is 5.75 Å². The Labute approximate surface area is 167 Å². The third-order valence-corrected chi connectivity index (χ3v) is 4.56. The summed E-state index contributed by atoms with van der Waals surface area (Å²) in [4.78, 5) is 24.5. The monoisotopic (exact) mass is 400 g/mol. The van der Waals surface area contributed by atoms with E-state index in [9.17, 15) is 9.59 Å². The van der Waals surface area contributed by atoms with Crippen molar-refractivity contribution < 1.29 is 9.53 Å². The number of rotatable bonds is 7. The maximum absolute atomic E-state index is 12.4. The highest BCUT2D eigenvalue weighted by atomic mass is 35.5. The molecule has 0 saturated carbocycles. The van der Waals surface area contributed by atoms with Gasteiger partial charge in [0.15, 0.2) is 5.82 Å². The van der Waals surface area contributed by atoms with Gasteiger partial charge in [0, 0.05) is 24.2 Å². The van der Waals surface area contributed by atoms with Crippen LogP contribution >= 0.6 is 11.6 Å². The predicted molar refractivity (Wildman–Crippen MR) is 108 cm³/mol. The Morgan fingerprint density at radius 1 is 1.14 bits per heavy atom. The normalized spacial score (nSPS) is 10.7. The lowest BCUT2D eigenvalue weighted by molar-refractivity contribution is -0.120. The summed E-state index contributed by atoms with van der Waals surface area (Å²) in [7, 11) is 3.27. The van der Waals surface area contributed by atoms with Crippen molar-refractivity contribution in [2.75, 3.05) is 13.7 Å². The zero-order valence-corrected chi connectivity index (χ0v) is 16.4. The summed E-state index contributed by atoms with van der Waals surface area (Å²) < 4.78 is 7.98. The molecule has 0 aliphatic rings. The van der Waals surface area contributed by atoms with Crippen molar-refractivity contribution in [2.24, 2.45) is 7.05 Å². The number of hydrogen-bond donors (Lipinski definition) is 1. The van der Waals surface area contributed by atoms with Crippen LogP contribution in [0.3, 0.4) is 0 Å². The fourth-order valence-electron chi connectivity index (χ4n) is 2.78. The Morgan fingerprint density at radius 2 is 1.82 bits per heavy atom. The summed E-state index contributed by atoms with van der Waals surface area (Å²) in [5.41, 5.74) is 1.45. The third-order valence-electron chi connectivity index (χ3n) is 4.31. The molecule has 0 bridgehead atoms. The van der Waals surface area contributed by atoms with Crippen LogP contribution < -0.4 is 15.7 Å². The zero-order chi connectivity index (χ0) is 20.1. The first-order valence-electron chi connectivity index (χ1n) is 8.77. The number of ether oxygens (including phenoxy) is 1. The van der Waals surface area contributed by atoms with Crippen LogP contribution in [-0.4, -0.2) is 33.9 Å². The van der Waals surface area contributed by atoms with E-state index >= 15 is 0 Å². The number of nitrogens with zero attached hydrogens (tertiary/aromatic N) is 3. The molecule has 2 aromatic carbocycles. The van der Waals surface area contributed by atoms with Crippen molar-refractivity contribution in [3.8, 4) is 17.1 Å². The molecule has 0 fully saturated rings. The van der Waals surface area contributed by atoms with Crippen molar-refractivity contribution in [3.05, 3.63) is 69.6 Å².